The lowest BCUT2D eigenvalue weighted by molar-refractivity contribution is 0.0154. The van der Waals surface area contributed by atoms with Crippen molar-refractivity contribution in [2.75, 3.05) is 32.7 Å². The number of carbonyl (C=O) groups is 1. The van der Waals surface area contributed by atoms with Crippen molar-refractivity contribution < 1.29 is 9.53 Å². The molecule has 1 saturated heterocycles. The highest BCUT2D eigenvalue weighted by atomic mass is 16.6. The number of nitrogens with zero attached hydrogens (tertiary/aromatic N) is 3. The van der Waals surface area contributed by atoms with Gasteiger partial charge in [-0.1, -0.05) is 6.08 Å². The first kappa shape index (κ1) is 14.5. The van der Waals surface area contributed by atoms with E-state index in [1.807, 2.05) is 32.9 Å². The average molecular weight is 251 g/mol. The van der Waals surface area contributed by atoms with Crippen molar-refractivity contribution in [1.29, 1.82) is 5.26 Å². The number of carbonyl (C=O) groups excluding carboxylic acids is 1. The fraction of sp³-hybridized carbons (Fsp3) is 0.692. The van der Waals surface area contributed by atoms with Crippen LogP contribution in [0.1, 0.15) is 20.8 Å². The monoisotopic (exact) mass is 251 g/mol. The molecule has 100 valence electrons. The van der Waals surface area contributed by atoms with E-state index in [2.05, 4.69) is 4.90 Å². The first-order valence-electron chi connectivity index (χ1n) is 6.17. The summed E-state index contributed by atoms with van der Waals surface area (Å²) in [6.45, 7) is 9.35. The molecule has 0 aliphatic carbocycles. The second-order valence-corrected chi connectivity index (χ2v) is 5.30. The van der Waals surface area contributed by atoms with Crippen LogP contribution in [0.25, 0.3) is 0 Å². The maximum Gasteiger partial charge on any atom is 0.410 e. The molecule has 1 heterocycles. The van der Waals surface area contributed by atoms with Crippen molar-refractivity contribution in [2.45, 2.75) is 26.4 Å². The number of hydrogen-bond acceptors (Lipinski definition) is 4. The number of piperazine rings is 1. The van der Waals surface area contributed by atoms with Crippen LogP contribution in [0.15, 0.2) is 12.2 Å². The minimum atomic E-state index is -0.441. The molecule has 18 heavy (non-hydrogen) atoms. The normalized spacial score (nSPS) is 17.8. The minimum Gasteiger partial charge on any atom is -0.444 e. The third kappa shape index (κ3) is 5.19. The highest BCUT2D eigenvalue weighted by Gasteiger charge is 2.25. The first-order valence-corrected chi connectivity index (χ1v) is 6.17. The van der Waals surface area contributed by atoms with Gasteiger partial charge in [0.1, 0.15) is 5.60 Å². The van der Waals surface area contributed by atoms with Gasteiger partial charge in [0, 0.05) is 38.8 Å². The second-order valence-electron chi connectivity index (χ2n) is 5.30. The van der Waals surface area contributed by atoms with Gasteiger partial charge < -0.3 is 9.64 Å². The zero-order valence-corrected chi connectivity index (χ0v) is 11.3. The molecule has 1 rings (SSSR count). The molecule has 1 amide bonds. The van der Waals surface area contributed by atoms with Crippen molar-refractivity contribution in [3.05, 3.63) is 12.2 Å². The molecule has 0 N–H and O–H groups in total. The van der Waals surface area contributed by atoms with Crippen LogP contribution in [0.2, 0.25) is 0 Å². The SMILES string of the molecule is CC(C)(C)OC(=O)N1CCN(CC=CC#N)CC1. The van der Waals surface area contributed by atoms with E-state index in [1.54, 1.807) is 4.90 Å². The number of ether oxygens (including phenoxy) is 1. The Balaban J connectivity index is 2.33. The van der Waals surface area contributed by atoms with Crippen LogP contribution in [0.4, 0.5) is 4.79 Å². The van der Waals surface area contributed by atoms with Crippen LogP contribution in [0, 0.1) is 11.3 Å². The Morgan fingerprint density at radius 3 is 2.44 bits per heavy atom. The van der Waals surface area contributed by atoms with Crippen molar-refractivity contribution in [3.63, 3.8) is 0 Å². The summed E-state index contributed by atoms with van der Waals surface area (Å²) < 4.78 is 5.32. The summed E-state index contributed by atoms with van der Waals surface area (Å²) >= 11 is 0. The fourth-order valence-corrected chi connectivity index (χ4v) is 1.69. The maximum absolute atomic E-state index is 11.8. The molecule has 0 atom stereocenters. The zero-order valence-electron chi connectivity index (χ0n) is 11.3. The third-order valence-corrected chi connectivity index (χ3v) is 2.58. The Hall–Kier alpha value is -1.54. The summed E-state index contributed by atoms with van der Waals surface area (Å²) in [6, 6.07) is 1.97. The summed E-state index contributed by atoms with van der Waals surface area (Å²) in [5.41, 5.74) is -0.441. The van der Waals surface area contributed by atoms with Gasteiger partial charge in [-0.15, -0.1) is 0 Å². The highest BCUT2D eigenvalue weighted by Crippen LogP contribution is 2.11. The molecular weight excluding hydrogens is 230 g/mol. The molecule has 1 fully saturated rings. The van der Waals surface area contributed by atoms with E-state index in [0.29, 0.717) is 13.1 Å². The highest BCUT2D eigenvalue weighted by molar-refractivity contribution is 5.68. The van der Waals surface area contributed by atoms with Crippen LogP contribution in [-0.4, -0.2) is 54.2 Å². The lowest BCUT2D eigenvalue weighted by atomic mass is 10.2. The van der Waals surface area contributed by atoms with Gasteiger partial charge in [0.05, 0.1) is 6.07 Å². The Morgan fingerprint density at radius 1 is 1.33 bits per heavy atom. The third-order valence-electron chi connectivity index (χ3n) is 2.58. The van der Waals surface area contributed by atoms with Gasteiger partial charge >= 0.3 is 6.09 Å². The van der Waals surface area contributed by atoms with E-state index in [1.165, 1.54) is 6.08 Å². The average Bonchev–Trinajstić information content (AvgIpc) is 2.28. The number of hydrogen-bond donors (Lipinski definition) is 0. The van der Waals surface area contributed by atoms with Crippen LogP contribution < -0.4 is 0 Å². The molecule has 0 saturated carbocycles. The molecule has 5 nitrogen and oxygen atoms in total. The molecule has 5 heteroatoms. The van der Waals surface area contributed by atoms with Gasteiger partial charge in [-0.3, -0.25) is 4.90 Å². The Bertz CT molecular complexity index is 344. The van der Waals surface area contributed by atoms with Gasteiger partial charge in [0.25, 0.3) is 0 Å². The topological polar surface area (TPSA) is 56.6 Å². The van der Waals surface area contributed by atoms with E-state index < -0.39 is 5.60 Å². The molecule has 0 spiro atoms. The predicted molar refractivity (Wildman–Crippen MR) is 69.0 cm³/mol. The van der Waals surface area contributed by atoms with Crippen molar-refractivity contribution in [2.24, 2.45) is 0 Å². The quantitative estimate of drug-likeness (QED) is 0.700. The van der Waals surface area contributed by atoms with Gasteiger partial charge in [-0.25, -0.2) is 4.79 Å². The number of rotatable bonds is 2. The van der Waals surface area contributed by atoms with Crippen molar-refractivity contribution >= 4 is 6.09 Å². The molecule has 0 unspecified atom stereocenters. The van der Waals surface area contributed by atoms with Crippen LogP contribution in [0.5, 0.6) is 0 Å². The van der Waals surface area contributed by atoms with Gasteiger partial charge in [-0.05, 0) is 20.8 Å². The van der Waals surface area contributed by atoms with E-state index in [0.717, 1.165) is 19.6 Å². The van der Waals surface area contributed by atoms with Crippen LogP contribution >= 0.6 is 0 Å². The smallest absolute Gasteiger partial charge is 0.410 e. The Morgan fingerprint density at radius 2 is 1.94 bits per heavy atom. The van der Waals surface area contributed by atoms with Crippen LogP contribution in [-0.2, 0) is 4.74 Å². The standard InChI is InChI=1S/C13H21N3O2/c1-13(2,3)18-12(17)16-10-8-15(9-11-16)7-5-4-6-14/h4-5H,7-11H2,1-3H3. The molecule has 1 aliphatic heterocycles. The van der Waals surface area contributed by atoms with Crippen LogP contribution in [0.3, 0.4) is 0 Å². The zero-order chi connectivity index (χ0) is 13.6. The largest absolute Gasteiger partial charge is 0.444 e. The lowest BCUT2D eigenvalue weighted by Crippen LogP contribution is -2.49. The van der Waals surface area contributed by atoms with E-state index in [4.69, 9.17) is 10.00 Å². The number of amides is 1. The predicted octanol–water partition coefficient (Wildman–Crippen LogP) is 1.62. The summed E-state index contributed by atoms with van der Waals surface area (Å²) in [4.78, 5) is 15.7. The maximum atomic E-state index is 11.8. The molecule has 0 bridgehead atoms. The Labute approximate surface area is 109 Å². The molecule has 0 aromatic carbocycles. The molecule has 0 radical (unpaired) electrons. The number of allylic oxidation sites excluding steroid dienone is 1. The van der Waals surface area contributed by atoms with Crippen molar-refractivity contribution in [1.82, 2.24) is 9.80 Å². The second kappa shape index (κ2) is 6.41. The van der Waals surface area contributed by atoms with Crippen molar-refractivity contribution in [3.8, 4) is 6.07 Å². The number of nitriles is 1. The summed E-state index contributed by atoms with van der Waals surface area (Å²) in [7, 11) is 0. The molecule has 0 aromatic rings. The van der Waals surface area contributed by atoms with Gasteiger partial charge in [-0.2, -0.15) is 5.26 Å². The summed E-state index contributed by atoms with van der Waals surface area (Å²) in [5, 5.41) is 8.39. The van der Waals surface area contributed by atoms with E-state index in [9.17, 15) is 4.79 Å². The van der Waals surface area contributed by atoms with E-state index in [-0.39, 0.29) is 6.09 Å². The molecular formula is C13H21N3O2. The van der Waals surface area contributed by atoms with Gasteiger partial charge in [0.15, 0.2) is 0 Å². The first-order chi connectivity index (χ1) is 8.42. The van der Waals surface area contributed by atoms with E-state index >= 15 is 0 Å². The summed E-state index contributed by atoms with van der Waals surface area (Å²) in [6.07, 6.45) is 3.08. The Kier molecular flexibility index (Phi) is 5.17. The minimum absolute atomic E-state index is 0.241. The summed E-state index contributed by atoms with van der Waals surface area (Å²) in [5.74, 6) is 0. The van der Waals surface area contributed by atoms with Gasteiger partial charge in [0.2, 0.25) is 0 Å². The lowest BCUT2D eigenvalue weighted by Gasteiger charge is -2.35. The molecule has 1 aliphatic rings. The fourth-order valence-electron chi connectivity index (χ4n) is 1.69. The molecule has 0 aromatic heterocycles.